The van der Waals surface area contributed by atoms with Crippen LogP contribution in [0.1, 0.15) is 48.2 Å². The highest BCUT2D eigenvalue weighted by Gasteiger charge is 2.22. The molecule has 0 bridgehead atoms. The summed E-state index contributed by atoms with van der Waals surface area (Å²) in [4.78, 5) is 24.9. The van der Waals surface area contributed by atoms with Gasteiger partial charge in [-0.3, -0.25) is 4.79 Å². The second-order valence-electron chi connectivity index (χ2n) is 6.48. The number of hydrogen-bond acceptors (Lipinski definition) is 4. The second-order valence-corrected chi connectivity index (χ2v) is 6.48. The maximum atomic E-state index is 12.5. The third-order valence-corrected chi connectivity index (χ3v) is 4.07. The van der Waals surface area contributed by atoms with Crippen molar-refractivity contribution in [3.63, 3.8) is 0 Å². The molecular weight excluding hydrogens is 330 g/mol. The Morgan fingerprint density at radius 1 is 1.04 bits per heavy atom. The molecule has 138 valence electrons. The maximum absolute atomic E-state index is 12.5. The number of anilines is 1. The van der Waals surface area contributed by atoms with Crippen molar-refractivity contribution in [1.29, 1.82) is 0 Å². The zero-order valence-electron chi connectivity index (χ0n) is 15.8. The van der Waals surface area contributed by atoms with Gasteiger partial charge in [0.25, 0.3) is 5.91 Å². The average molecular weight is 355 g/mol. The van der Waals surface area contributed by atoms with E-state index in [4.69, 9.17) is 9.47 Å². The van der Waals surface area contributed by atoms with Gasteiger partial charge < -0.3 is 14.8 Å². The monoisotopic (exact) mass is 355 g/mol. The first-order valence-electron chi connectivity index (χ1n) is 8.59. The van der Waals surface area contributed by atoms with Crippen molar-refractivity contribution in [2.75, 3.05) is 12.4 Å². The standard InChI is InChI=1S/C21H25NO4/c1-13(2)16-8-6-7-9-18(16)22-20(23)15(4)26-21(24)17-12-14(3)10-11-19(17)25-5/h6-13,15H,1-5H3,(H,22,23)/t15-/m1/s1. The third kappa shape index (κ3) is 4.63. The Kier molecular flexibility index (Phi) is 6.39. The van der Waals surface area contributed by atoms with E-state index in [1.54, 1.807) is 19.1 Å². The van der Waals surface area contributed by atoms with Crippen LogP contribution in [0.25, 0.3) is 0 Å². The number of benzene rings is 2. The molecule has 2 rings (SSSR count). The van der Waals surface area contributed by atoms with E-state index in [0.29, 0.717) is 11.3 Å². The largest absolute Gasteiger partial charge is 0.496 e. The van der Waals surface area contributed by atoms with E-state index in [1.165, 1.54) is 7.11 Å². The quantitative estimate of drug-likeness (QED) is 0.784. The molecule has 5 nitrogen and oxygen atoms in total. The number of methoxy groups -OCH3 is 1. The first-order valence-corrected chi connectivity index (χ1v) is 8.59. The van der Waals surface area contributed by atoms with Gasteiger partial charge in [-0.25, -0.2) is 4.79 Å². The van der Waals surface area contributed by atoms with Gasteiger partial charge in [0.05, 0.1) is 7.11 Å². The molecule has 0 fully saturated rings. The smallest absolute Gasteiger partial charge is 0.342 e. The van der Waals surface area contributed by atoms with Gasteiger partial charge >= 0.3 is 5.97 Å². The number of aryl methyl sites for hydroxylation is 1. The SMILES string of the molecule is COc1ccc(C)cc1C(=O)O[C@H](C)C(=O)Nc1ccccc1C(C)C. The van der Waals surface area contributed by atoms with Crippen molar-refractivity contribution in [1.82, 2.24) is 0 Å². The second kappa shape index (κ2) is 8.52. The van der Waals surface area contributed by atoms with Crippen molar-refractivity contribution < 1.29 is 19.1 Å². The lowest BCUT2D eigenvalue weighted by Gasteiger charge is -2.17. The summed E-state index contributed by atoms with van der Waals surface area (Å²) in [5.41, 5.74) is 2.96. The lowest BCUT2D eigenvalue weighted by molar-refractivity contribution is -0.123. The predicted octanol–water partition coefficient (Wildman–Crippen LogP) is 4.31. The zero-order valence-corrected chi connectivity index (χ0v) is 15.8. The van der Waals surface area contributed by atoms with Gasteiger partial charge in [-0.1, -0.05) is 43.7 Å². The topological polar surface area (TPSA) is 64.6 Å². The normalized spacial score (nSPS) is 11.8. The van der Waals surface area contributed by atoms with E-state index in [2.05, 4.69) is 19.2 Å². The highest BCUT2D eigenvalue weighted by Crippen LogP contribution is 2.24. The summed E-state index contributed by atoms with van der Waals surface area (Å²) in [5.74, 6) is -0.289. The molecule has 0 spiro atoms. The van der Waals surface area contributed by atoms with Crippen molar-refractivity contribution in [3.05, 3.63) is 59.2 Å². The number of hydrogen-bond donors (Lipinski definition) is 1. The Morgan fingerprint density at radius 3 is 2.38 bits per heavy atom. The molecule has 0 aliphatic carbocycles. The first kappa shape index (κ1) is 19.5. The number of carbonyl (C=O) groups is 2. The van der Waals surface area contributed by atoms with Crippen LogP contribution < -0.4 is 10.1 Å². The molecule has 26 heavy (non-hydrogen) atoms. The molecule has 5 heteroatoms. The highest BCUT2D eigenvalue weighted by atomic mass is 16.5. The fourth-order valence-electron chi connectivity index (χ4n) is 2.61. The van der Waals surface area contributed by atoms with Crippen molar-refractivity contribution in [2.45, 2.75) is 39.7 Å². The molecular formula is C21H25NO4. The summed E-state index contributed by atoms with van der Waals surface area (Å²) in [7, 11) is 1.49. The van der Waals surface area contributed by atoms with E-state index < -0.39 is 12.1 Å². The number of amides is 1. The Bertz CT molecular complexity index is 798. The van der Waals surface area contributed by atoms with Gasteiger partial charge in [-0.05, 0) is 43.5 Å². The lowest BCUT2D eigenvalue weighted by Crippen LogP contribution is -2.30. The molecule has 0 radical (unpaired) electrons. The van der Waals surface area contributed by atoms with Crippen LogP contribution in [0.5, 0.6) is 5.75 Å². The lowest BCUT2D eigenvalue weighted by atomic mass is 10.0. The number of carbonyl (C=O) groups excluding carboxylic acids is 2. The van der Waals surface area contributed by atoms with Crippen molar-refractivity contribution in [3.8, 4) is 5.75 Å². The summed E-state index contributed by atoms with van der Waals surface area (Å²) >= 11 is 0. The van der Waals surface area contributed by atoms with E-state index in [9.17, 15) is 9.59 Å². The minimum absolute atomic E-state index is 0.265. The molecule has 0 saturated carbocycles. The molecule has 0 heterocycles. The van der Waals surface area contributed by atoms with Gasteiger partial charge in [0.2, 0.25) is 0 Å². The van der Waals surface area contributed by atoms with Gasteiger partial charge in [-0.2, -0.15) is 0 Å². The van der Waals surface area contributed by atoms with Crippen LogP contribution in [0, 0.1) is 6.92 Å². The molecule has 0 aliphatic rings. The van der Waals surface area contributed by atoms with Crippen molar-refractivity contribution in [2.24, 2.45) is 0 Å². The zero-order chi connectivity index (χ0) is 19.3. The summed E-state index contributed by atoms with van der Waals surface area (Å²) in [5, 5.41) is 2.84. The minimum Gasteiger partial charge on any atom is -0.496 e. The van der Waals surface area contributed by atoms with Crippen LogP contribution in [0.3, 0.4) is 0 Å². The number of ether oxygens (including phenoxy) is 2. The molecule has 0 unspecified atom stereocenters. The van der Waals surface area contributed by atoms with Crippen LogP contribution in [-0.2, 0) is 9.53 Å². The Balaban J connectivity index is 2.10. The van der Waals surface area contributed by atoms with Crippen LogP contribution in [0.4, 0.5) is 5.69 Å². The van der Waals surface area contributed by atoms with E-state index in [1.807, 2.05) is 37.3 Å². The summed E-state index contributed by atoms with van der Waals surface area (Å²) in [6.45, 7) is 7.53. The summed E-state index contributed by atoms with van der Waals surface area (Å²) < 4.78 is 10.5. The molecule has 1 N–H and O–H groups in total. The fraction of sp³-hybridized carbons (Fsp3) is 0.333. The Morgan fingerprint density at radius 2 is 1.73 bits per heavy atom. The molecule has 2 aromatic carbocycles. The summed E-state index contributed by atoms with van der Waals surface area (Å²) in [6.07, 6.45) is -0.937. The maximum Gasteiger partial charge on any atom is 0.342 e. The van der Waals surface area contributed by atoms with Gasteiger partial charge in [0.1, 0.15) is 11.3 Å². The Hall–Kier alpha value is -2.82. The molecule has 0 aliphatic heterocycles. The van der Waals surface area contributed by atoms with Crippen LogP contribution in [0.15, 0.2) is 42.5 Å². The fourth-order valence-corrected chi connectivity index (χ4v) is 2.61. The highest BCUT2D eigenvalue weighted by molar-refractivity contribution is 5.98. The number of para-hydroxylation sites is 1. The predicted molar refractivity (Wildman–Crippen MR) is 102 cm³/mol. The number of esters is 1. The Labute approximate surface area is 154 Å². The van der Waals surface area contributed by atoms with Crippen LogP contribution in [0.2, 0.25) is 0 Å². The third-order valence-electron chi connectivity index (χ3n) is 4.07. The minimum atomic E-state index is -0.937. The van der Waals surface area contributed by atoms with Gasteiger partial charge in [0.15, 0.2) is 6.10 Å². The molecule has 1 atom stereocenters. The number of nitrogens with one attached hydrogen (secondary N) is 1. The molecule has 2 aromatic rings. The van der Waals surface area contributed by atoms with E-state index in [0.717, 1.165) is 16.8 Å². The first-order chi connectivity index (χ1) is 12.3. The van der Waals surface area contributed by atoms with E-state index in [-0.39, 0.29) is 11.8 Å². The molecule has 1 amide bonds. The van der Waals surface area contributed by atoms with Crippen LogP contribution >= 0.6 is 0 Å². The molecule has 0 saturated heterocycles. The molecule has 0 aromatic heterocycles. The average Bonchev–Trinajstić information content (AvgIpc) is 2.61. The van der Waals surface area contributed by atoms with Gasteiger partial charge in [0, 0.05) is 5.69 Å². The number of rotatable bonds is 6. The van der Waals surface area contributed by atoms with Crippen LogP contribution in [-0.4, -0.2) is 25.1 Å². The van der Waals surface area contributed by atoms with Crippen molar-refractivity contribution >= 4 is 17.6 Å². The summed E-state index contributed by atoms with van der Waals surface area (Å²) in [6, 6.07) is 12.8. The van der Waals surface area contributed by atoms with E-state index >= 15 is 0 Å². The van der Waals surface area contributed by atoms with Gasteiger partial charge in [-0.15, -0.1) is 0 Å².